The van der Waals surface area contributed by atoms with Gasteiger partial charge in [-0.15, -0.1) is 0 Å². The minimum absolute atomic E-state index is 0.00627. The molecular formula is C21H16BrNO5. The van der Waals surface area contributed by atoms with Crippen LogP contribution >= 0.6 is 15.9 Å². The maximum absolute atomic E-state index is 12.8. The van der Waals surface area contributed by atoms with Gasteiger partial charge in [0.1, 0.15) is 29.1 Å². The molecule has 0 saturated carbocycles. The van der Waals surface area contributed by atoms with E-state index in [9.17, 15) is 14.7 Å². The fourth-order valence-electron chi connectivity index (χ4n) is 3.27. The van der Waals surface area contributed by atoms with Crippen LogP contribution in [0.1, 0.15) is 28.9 Å². The molecule has 1 amide bonds. The highest BCUT2D eigenvalue weighted by molar-refractivity contribution is 9.10. The van der Waals surface area contributed by atoms with E-state index in [2.05, 4.69) is 15.9 Å². The third kappa shape index (κ3) is 3.18. The van der Waals surface area contributed by atoms with Crippen molar-refractivity contribution < 1.29 is 23.5 Å². The molecule has 0 bridgehead atoms. The second kappa shape index (κ2) is 7.16. The molecule has 3 heterocycles. The molecule has 0 aliphatic carbocycles. The highest BCUT2D eigenvalue weighted by Crippen LogP contribution is 2.40. The first-order chi connectivity index (χ1) is 13.5. The number of likely N-dealkylation sites (tertiary alicyclic amines) is 1. The zero-order valence-electron chi connectivity index (χ0n) is 14.9. The summed E-state index contributed by atoms with van der Waals surface area (Å²) in [7, 11) is 0. The molecule has 7 heteroatoms. The van der Waals surface area contributed by atoms with E-state index in [4.69, 9.17) is 8.83 Å². The zero-order valence-corrected chi connectivity index (χ0v) is 16.5. The molecule has 1 aliphatic rings. The van der Waals surface area contributed by atoms with Crippen molar-refractivity contribution in [2.24, 2.45) is 0 Å². The molecule has 28 heavy (non-hydrogen) atoms. The number of benzene rings is 1. The summed E-state index contributed by atoms with van der Waals surface area (Å²) >= 11 is 3.34. The van der Waals surface area contributed by atoms with Gasteiger partial charge in [-0.05, 0) is 43.3 Å². The average Bonchev–Trinajstić information content (AvgIpc) is 3.39. The van der Waals surface area contributed by atoms with Crippen LogP contribution in [0.15, 0.2) is 73.7 Å². The van der Waals surface area contributed by atoms with Gasteiger partial charge in [0.15, 0.2) is 0 Å². The fourth-order valence-corrected chi connectivity index (χ4v) is 3.54. The number of aliphatic hydroxyl groups is 1. The van der Waals surface area contributed by atoms with E-state index in [0.29, 0.717) is 22.8 Å². The Balaban J connectivity index is 1.85. The standard InChI is InChI=1S/C21H16BrNO5/c1-12-4-9-16(28-12)18-17(19(24)13-5-7-14(22)8-6-13)20(25)21(26)23(18)11-15-3-2-10-27-15/h2-10,18,24H,11H2,1H3. The van der Waals surface area contributed by atoms with Gasteiger partial charge in [-0.3, -0.25) is 9.59 Å². The molecule has 1 saturated heterocycles. The van der Waals surface area contributed by atoms with Crippen molar-refractivity contribution in [3.05, 3.63) is 87.7 Å². The van der Waals surface area contributed by atoms with Gasteiger partial charge in [0.25, 0.3) is 11.7 Å². The molecule has 2 aromatic heterocycles. The molecule has 6 nitrogen and oxygen atoms in total. The van der Waals surface area contributed by atoms with Gasteiger partial charge in [0.05, 0.1) is 18.4 Å². The van der Waals surface area contributed by atoms with Gasteiger partial charge in [-0.25, -0.2) is 0 Å². The number of carbonyl (C=O) groups excluding carboxylic acids is 2. The topological polar surface area (TPSA) is 83.9 Å². The van der Waals surface area contributed by atoms with Crippen molar-refractivity contribution in [2.75, 3.05) is 0 Å². The van der Waals surface area contributed by atoms with E-state index in [1.54, 1.807) is 55.5 Å². The summed E-state index contributed by atoms with van der Waals surface area (Å²) in [6.07, 6.45) is 1.50. The van der Waals surface area contributed by atoms with Crippen molar-refractivity contribution in [1.82, 2.24) is 4.90 Å². The Hall–Kier alpha value is -3.06. The van der Waals surface area contributed by atoms with E-state index in [0.717, 1.165) is 4.47 Å². The Morgan fingerprint density at radius 2 is 1.89 bits per heavy atom. The van der Waals surface area contributed by atoms with Crippen LogP contribution in [0.4, 0.5) is 0 Å². The number of Topliss-reactive ketones (excluding diaryl/α,β-unsaturated/α-hetero) is 1. The fraction of sp³-hybridized carbons (Fsp3) is 0.143. The van der Waals surface area contributed by atoms with Crippen molar-refractivity contribution in [3.8, 4) is 0 Å². The summed E-state index contributed by atoms with van der Waals surface area (Å²) in [6.45, 7) is 1.86. The van der Waals surface area contributed by atoms with Gasteiger partial charge in [0, 0.05) is 10.0 Å². The van der Waals surface area contributed by atoms with Crippen LogP contribution in [-0.4, -0.2) is 21.7 Å². The Morgan fingerprint density at radius 1 is 1.14 bits per heavy atom. The number of aryl methyl sites for hydroxylation is 1. The Morgan fingerprint density at radius 3 is 2.50 bits per heavy atom. The second-order valence-electron chi connectivity index (χ2n) is 6.46. The monoisotopic (exact) mass is 441 g/mol. The van der Waals surface area contributed by atoms with Gasteiger partial charge in [-0.1, -0.05) is 28.1 Å². The van der Waals surface area contributed by atoms with Gasteiger partial charge >= 0.3 is 0 Å². The van der Waals surface area contributed by atoms with E-state index in [1.807, 2.05) is 0 Å². The largest absolute Gasteiger partial charge is 0.507 e. The molecule has 1 aliphatic heterocycles. The number of hydrogen-bond acceptors (Lipinski definition) is 5. The molecule has 0 radical (unpaired) electrons. The smallest absolute Gasteiger partial charge is 0.296 e. The Bertz CT molecular complexity index is 1060. The highest BCUT2D eigenvalue weighted by Gasteiger charge is 2.47. The molecule has 1 N–H and O–H groups in total. The lowest BCUT2D eigenvalue weighted by Gasteiger charge is -2.22. The van der Waals surface area contributed by atoms with Crippen molar-refractivity contribution in [3.63, 3.8) is 0 Å². The lowest BCUT2D eigenvalue weighted by molar-refractivity contribution is -0.140. The minimum atomic E-state index is -0.845. The number of furan rings is 2. The summed E-state index contributed by atoms with van der Waals surface area (Å²) in [6, 6.07) is 12.9. The van der Waals surface area contributed by atoms with Gasteiger partial charge < -0.3 is 18.8 Å². The number of hydrogen-bond donors (Lipinski definition) is 1. The number of ketones is 1. The maximum atomic E-state index is 12.8. The average molecular weight is 442 g/mol. The second-order valence-corrected chi connectivity index (χ2v) is 7.38. The molecule has 1 aromatic carbocycles. The normalized spacial score (nSPS) is 18.8. The third-order valence-electron chi connectivity index (χ3n) is 4.59. The van der Waals surface area contributed by atoms with Crippen molar-refractivity contribution in [2.45, 2.75) is 19.5 Å². The Kier molecular flexibility index (Phi) is 4.68. The molecule has 1 unspecified atom stereocenters. The summed E-state index contributed by atoms with van der Waals surface area (Å²) < 4.78 is 11.9. The summed E-state index contributed by atoms with van der Waals surface area (Å²) in [5, 5.41) is 10.9. The molecular weight excluding hydrogens is 426 g/mol. The first-order valence-electron chi connectivity index (χ1n) is 8.59. The van der Waals surface area contributed by atoms with Crippen LogP contribution in [0, 0.1) is 6.92 Å². The van der Waals surface area contributed by atoms with Crippen LogP contribution in [0.5, 0.6) is 0 Å². The molecule has 0 spiro atoms. The quantitative estimate of drug-likeness (QED) is 0.364. The lowest BCUT2D eigenvalue weighted by atomic mass is 9.99. The number of nitrogens with zero attached hydrogens (tertiary/aromatic N) is 1. The molecule has 1 atom stereocenters. The van der Waals surface area contributed by atoms with Crippen LogP contribution in [0.3, 0.4) is 0 Å². The molecule has 142 valence electrons. The molecule has 1 fully saturated rings. The predicted octanol–water partition coefficient (Wildman–Crippen LogP) is 4.57. The zero-order chi connectivity index (χ0) is 19.8. The summed E-state index contributed by atoms with van der Waals surface area (Å²) in [5.74, 6) is -0.144. The van der Waals surface area contributed by atoms with E-state index in [-0.39, 0.29) is 17.9 Å². The van der Waals surface area contributed by atoms with Gasteiger partial charge in [0.2, 0.25) is 0 Å². The van der Waals surface area contributed by atoms with Crippen LogP contribution in [0.2, 0.25) is 0 Å². The maximum Gasteiger partial charge on any atom is 0.296 e. The minimum Gasteiger partial charge on any atom is -0.507 e. The summed E-state index contributed by atoms with van der Waals surface area (Å²) in [5.41, 5.74) is 0.431. The van der Waals surface area contributed by atoms with Crippen molar-refractivity contribution in [1.29, 1.82) is 0 Å². The first kappa shape index (κ1) is 18.3. The number of halogens is 1. The van der Waals surface area contributed by atoms with Gasteiger partial charge in [-0.2, -0.15) is 0 Å². The summed E-state index contributed by atoms with van der Waals surface area (Å²) in [4.78, 5) is 26.9. The Labute approximate surface area is 169 Å². The predicted molar refractivity (Wildman–Crippen MR) is 104 cm³/mol. The highest BCUT2D eigenvalue weighted by atomic mass is 79.9. The number of amides is 1. The number of carbonyl (C=O) groups is 2. The van der Waals surface area contributed by atoms with Crippen LogP contribution in [-0.2, 0) is 16.1 Å². The number of rotatable bonds is 4. The van der Waals surface area contributed by atoms with E-state index in [1.165, 1.54) is 11.2 Å². The van der Waals surface area contributed by atoms with Crippen LogP contribution < -0.4 is 0 Å². The lowest BCUT2D eigenvalue weighted by Crippen LogP contribution is -2.28. The van der Waals surface area contributed by atoms with Crippen molar-refractivity contribution >= 4 is 33.4 Å². The number of aliphatic hydroxyl groups excluding tert-OH is 1. The first-order valence-corrected chi connectivity index (χ1v) is 9.38. The third-order valence-corrected chi connectivity index (χ3v) is 5.12. The van der Waals surface area contributed by atoms with E-state index >= 15 is 0 Å². The molecule has 3 aromatic rings. The van der Waals surface area contributed by atoms with Crippen LogP contribution in [0.25, 0.3) is 5.76 Å². The SMILES string of the molecule is Cc1ccc(C2C(=C(O)c3ccc(Br)cc3)C(=O)C(=O)N2Cc2ccco2)o1. The molecule has 4 rings (SSSR count). The van der Waals surface area contributed by atoms with E-state index < -0.39 is 17.7 Å².